The van der Waals surface area contributed by atoms with E-state index in [2.05, 4.69) is 22.1 Å². The summed E-state index contributed by atoms with van der Waals surface area (Å²) < 4.78 is 5.78. The Hall–Kier alpha value is -2.62. The van der Waals surface area contributed by atoms with E-state index in [9.17, 15) is 0 Å². The lowest BCUT2D eigenvalue weighted by atomic mass is 10.1. The number of benzene rings is 2. The normalized spacial score (nSPS) is 10.5. The molecule has 0 aliphatic heterocycles. The first kappa shape index (κ1) is 11.5. The Morgan fingerprint density at radius 1 is 0.947 bits per heavy atom. The molecule has 3 aromatic rings. The smallest absolute Gasteiger partial charge is 0.166 e. The number of ether oxygens (including phenoxy) is 1. The fourth-order valence-corrected chi connectivity index (χ4v) is 1.90. The number of nitrogen functional groups attached to an aromatic ring is 1. The molecular formula is C15H13N3O. The lowest BCUT2D eigenvalue weighted by Crippen LogP contribution is -2.02. The molecule has 4 heteroatoms. The minimum atomic E-state index is 0.328. The zero-order chi connectivity index (χ0) is 13.1. The van der Waals surface area contributed by atoms with E-state index in [1.165, 1.54) is 0 Å². The third kappa shape index (κ3) is 2.47. The first-order valence-electron chi connectivity index (χ1n) is 6.00. The standard InChI is InChI=1S/C15H13N3O/c16-12-8-17-15(18-9-12)10-19-14-7-3-5-11-4-1-2-6-13(11)14/h1-9H,10,16H2. The molecule has 0 saturated carbocycles. The van der Waals surface area contributed by atoms with Gasteiger partial charge in [-0.15, -0.1) is 0 Å². The van der Waals surface area contributed by atoms with Gasteiger partial charge in [0.1, 0.15) is 12.4 Å². The predicted octanol–water partition coefficient (Wildman–Crippen LogP) is 2.79. The average molecular weight is 251 g/mol. The van der Waals surface area contributed by atoms with Gasteiger partial charge in [0.05, 0.1) is 18.1 Å². The number of rotatable bonds is 3. The van der Waals surface area contributed by atoms with E-state index in [1.807, 2.05) is 30.3 Å². The van der Waals surface area contributed by atoms with E-state index in [-0.39, 0.29) is 0 Å². The lowest BCUT2D eigenvalue weighted by Gasteiger charge is -2.08. The van der Waals surface area contributed by atoms with E-state index < -0.39 is 0 Å². The summed E-state index contributed by atoms with van der Waals surface area (Å²) in [6.07, 6.45) is 3.16. The van der Waals surface area contributed by atoms with Crippen LogP contribution in [0.1, 0.15) is 5.82 Å². The number of nitrogens with zero attached hydrogens (tertiary/aromatic N) is 2. The maximum Gasteiger partial charge on any atom is 0.166 e. The Morgan fingerprint density at radius 2 is 1.68 bits per heavy atom. The Balaban J connectivity index is 1.84. The molecule has 0 unspecified atom stereocenters. The fraction of sp³-hybridized carbons (Fsp3) is 0.0667. The molecule has 3 rings (SSSR count). The van der Waals surface area contributed by atoms with Crippen LogP contribution >= 0.6 is 0 Å². The third-order valence-electron chi connectivity index (χ3n) is 2.83. The molecule has 1 heterocycles. The molecule has 1 aromatic heterocycles. The van der Waals surface area contributed by atoms with Crippen LogP contribution in [0.2, 0.25) is 0 Å². The number of hydrogen-bond acceptors (Lipinski definition) is 4. The number of hydrogen-bond donors (Lipinski definition) is 1. The van der Waals surface area contributed by atoms with Crippen molar-refractivity contribution in [1.82, 2.24) is 9.97 Å². The van der Waals surface area contributed by atoms with Crippen LogP contribution in [0.5, 0.6) is 5.75 Å². The van der Waals surface area contributed by atoms with Crippen molar-refractivity contribution in [1.29, 1.82) is 0 Å². The number of anilines is 1. The van der Waals surface area contributed by atoms with Gasteiger partial charge in [-0.3, -0.25) is 0 Å². The summed E-state index contributed by atoms with van der Waals surface area (Å²) in [5.41, 5.74) is 6.09. The molecule has 0 aliphatic carbocycles. The van der Waals surface area contributed by atoms with Crippen LogP contribution in [-0.2, 0) is 6.61 Å². The molecule has 0 bridgehead atoms. The summed E-state index contributed by atoms with van der Waals surface area (Å²) in [5, 5.41) is 2.23. The molecule has 0 atom stereocenters. The monoisotopic (exact) mass is 251 g/mol. The van der Waals surface area contributed by atoms with Crippen LogP contribution in [0.15, 0.2) is 54.9 Å². The van der Waals surface area contributed by atoms with E-state index in [4.69, 9.17) is 10.5 Å². The number of fused-ring (bicyclic) bond motifs is 1. The van der Waals surface area contributed by atoms with Crippen molar-refractivity contribution >= 4 is 16.5 Å². The molecular weight excluding hydrogens is 238 g/mol. The van der Waals surface area contributed by atoms with Crippen molar-refractivity contribution in [2.45, 2.75) is 6.61 Å². The van der Waals surface area contributed by atoms with Crippen molar-refractivity contribution in [3.05, 3.63) is 60.7 Å². The van der Waals surface area contributed by atoms with Gasteiger partial charge in [-0.1, -0.05) is 36.4 Å². The summed E-state index contributed by atoms with van der Waals surface area (Å²) >= 11 is 0. The largest absolute Gasteiger partial charge is 0.485 e. The Bertz CT molecular complexity index is 690. The fourth-order valence-electron chi connectivity index (χ4n) is 1.90. The quantitative estimate of drug-likeness (QED) is 0.777. The molecule has 94 valence electrons. The van der Waals surface area contributed by atoms with Crippen LogP contribution in [0.3, 0.4) is 0 Å². The van der Waals surface area contributed by atoms with Gasteiger partial charge in [-0.25, -0.2) is 9.97 Å². The molecule has 0 radical (unpaired) electrons. The van der Waals surface area contributed by atoms with Gasteiger partial charge in [-0.05, 0) is 11.5 Å². The molecule has 0 saturated heterocycles. The summed E-state index contributed by atoms with van der Waals surface area (Å²) in [5.74, 6) is 1.45. The second-order valence-corrected chi connectivity index (χ2v) is 4.20. The second kappa shape index (κ2) is 4.94. The van der Waals surface area contributed by atoms with Gasteiger partial charge >= 0.3 is 0 Å². The summed E-state index contributed by atoms with van der Waals surface area (Å²) in [6, 6.07) is 14.1. The van der Waals surface area contributed by atoms with Gasteiger partial charge in [0.15, 0.2) is 5.82 Å². The average Bonchev–Trinajstić information content (AvgIpc) is 2.47. The second-order valence-electron chi connectivity index (χ2n) is 4.20. The van der Waals surface area contributed by atoms with Crippen molar-refractivity contribution < 1.29 is 4.74 Å². The summed E-state index contributed by atoms with van der Waals surface area (Å²) in [6.45, 7) is 0.328. The third-order valence-corrected chi connectivity index (χ3v) is 2.83. The molecule has 0 spiro atoms. The lowest BCUT2D eigenvalue weighted by molar-refractivity contribution is 0.299. The van der Waals surface area contributed by atoms with E-state index >= 15 is 0 Å². The van der Waals surface area contributed by atoms with E-state index in [1.54, 1.807) is 12.4 Å². The topological polar surface area (TPSA) is 61.0 Å². The first-order chi connectivity index (χ1) is 9.33. The minimum Gasteiger partial charge on any atom is -0.485 e. The summed E-state index contributed by atoms with van der Waals surface area (Å²) in [7, 11) is 0. The van der Waals surface area contributed by atoms with Crippen LogP contribution in [0.4, 0.5) is 5.69 Å². The SMILES string of the molecule is Nc1cnc(COc2cccc3ccccc23)nc1. The Kier molecular flexibility index (Phi) is 2.98. The molecule has 2 N–H and O–H groups in total. The van der Waals surface area contributed by atoms with Crippen molar-refractivity contribution in [2.24, 2.45) is 0 Å². The highest BCUT2D eigenvalue weighted by atomic mass is 16.5. The van der Waals surface area contributed by atoms with Crippen LogP contribution in [0.25, 0.3) is 10.8 Å². The van der Waals surface area contributed by atoms with Gasteiger partial charge in [0.25, 0.3) is 0 Å². The highest BCUT2D eigenvalue weighted by molar-refractivity contribution is 5.88. The van der Waals surface area contributed by atoms with E-state index in [0.29, 0.717) is 18.1 Å². The molecule has 0 aliphatic rings. The maximum absolute atomic E-state index is 5.78. The highest BCUT2D eigenvalue weighted by Crippen LogP contribution is 2.25. The predicted molar refractivity (Wildman–Crippen MR) is 74.7 cm³/mol. The zero-order valence-corrected chi connectivity index (χ0v) is 10.3. The van der Waals surface area contributed by atoms with Gasteiger partial charge < -0.3 is 10.5 Å². The molecule has 0 amide bonds. The minimum absolute atomic E-state index is 0.328. The van der Waals surface area contributed by atoms with Crippen molar-refractivity contribution in [2.75, 3.05) is 5.73 Å². The zero-order valence-electron chi connectivity index (χ0n) is 10.3. The Morgan fingerprint density at radius 3 is 2.53 bits per heavy atom. The molecule has 2 aromatic carbocycles. The van der Waals surface area contributed by atoms with Gasteiger partial charge in [0.2, 0.25) is 0 Å². The van der Waals surface area contributed by atoms with Crippen LogP contribution in [0, 0.1) is 0 Å². The molecule has 19 heavy (non-hydrogen) atoms. The van der Waals surface area contributed by atoms with E-state index in [0.717, 1.165) is 16.5 Å². The first-order valence-corrected chi connectivity index (χ1v) is 6.00. The summed E-state index contributed by atoms with van der Waals surface area (Å²) in [4.78, 5) is 8.22. The van der Waals surface area contributed by atoms with Crippen LogP contribution in [-0.4, -0.2) is 9.97 Å². The maximum atomic E-state index is 5.78. The number of aromatic nitrogens is 2. The van der Waals surface area contributed by atoms with Crippen molar-refractivity contribution in [3.8, 4) is 5.75 Å². The van der Waals surface area contributed by atoms with Crippen molar-refractivity contribution in [3.63, 3.8) is 0 Å². The molecule has 4 nitrogen and oxygen atoms in total. The van der Waals surface area contributed by atoms with Crippen LogP contribution < -0.4 is 10.5 Å². The number of nitrogens with two attached hydrogens (primary N) is 1. The van der Waals surface area contributed by atoms with Gasteiger partial charge in [0, 0.05) is 5.39 Å². The van der Waals surface area contributed by atoms with Gasteiger partial charge in [-0.2, -0.15) is 0 Å². The Labute approximate surface area is 110 Å². The highest BCUT2D eigenvalue weighted by Gasteiger charge is 2.02. The molecule has 0 fully saturated rings.